The summed E-state index contributed by atoms with van der Waals surface area (Å²) >= 11 is 0. The molecule has 0 aromatic carbocycles. The quantitative estimate of drug-likeness (QED) is 0.821. The van der Waals surface area contributed by atoms with Gasteiger partial charge in [0.25, 0.3) is 0 Å². The molecule has 1 aromatic heterocycles. The average molecular weight is 207 g/mol. The zero-order valence-corrected chi connectivity index (χ0v) is 9.23. The molecule has 1 saturated heterocycles. The largest absolute Gasteiger partial charge is 0.379 e. The highest BCUT2D eigenvalue weighted by molar-refractivity contribution is 5.36. The molecular weight excluding hydrogens is 190 g/mol. The van der Waals surface area contributed by atoms with Gasteiger partial charge in [0, 0.05) is 18.4 Å². The minimum Gasteiger partial charge on any atom is -0.379 e. The third-order valence-electron chi connectivity index (χ3n) is 2.56. The van der Waals surface area contributed by atoms with Crippen molar-refractivity contribution < 1.29 is 4.74 Å². The maximum Gasteiger partial charge on any atom is 0.129 e. The molecule has 0 spiro atoms. The third kappa shape index (κ3) is 2.65. The van der Waals surface area contributed by atoms with Gasteiger partial charge in [0.1, 0.15) is 12.1 Å². The van der Waals surface area contributed by atoms with Crippen LogP contribution in [0.3, 0.4) is 0 Å². The van der Waals surface area contributed by atoms with Crippen molar-refractivity contribution in [1.29, 1.82) is 0 Å². The summed E-state index contributed by atoms with van der Waals surface area (Å²) in [5, 5.41) is 3.36. The van der Waals surface area contributed by atoms with E-state index < -0.39 is 0 Å². The summed E-state index contributed by atoms with van der Waals surface area (Å²) in [4.78, 5) is 8.44. The maximum atomic E-state index is 5.30. The number of hydrogen-bond acceptors (Lipinski definition) is 4. The minimum atomic E-state index is 0.403. The van der Waals surface area contributed by atoms with E-state index >= 15 is 0 Å². The van der Waals surface area contributed by atoms with Gasteiger partial charge in [-0.15, -0.1) is 0 Å². The molecule has 0 aliphatic carbocycles. The van der Waals surface area contributed by atoms with Gasteiger partial charge in [-0.1, -0.05) is 13.8 Å². The second kappa shape index (κ2) is 4.57. The van der Waals surface area contributed by atoms with Crippen molar-refractivity contribution in [2.75, 3.05) is 18.5 Å². The van der Waals surface area contributed by atoms with E-state index in [1.54, 1.807) is 6.33 Å². The molecule has 15 heavy (non-hydrogen) atoms. The summed E-state index contributed by atoms with van der Waals surface area (Å²) in [7, 11) is 0. The predicted molar refractivity (Wildman–Crippen MR) is 59.0 cm³/mol. The lowest BCUT2D eigenvalue weighted by molar-refractivity contribution is 0.195. The number of anilines is 1. The Morgan fingerprint density at radius 2 is 2.33 bits per heavy atom. The number of aromatic nitrogens is 2. The highest BCUT2D eigenvalue weighted by Crippen LogP contribution is 2.16. The fourth-order valence-corrected chi connectivity index (χ4v) is 1.62. The van der Waals surface area contributed by atoms with Crippen LogP contribution in [0.5, 0.6) is 0 Å². The SMILES string of the molecule is CC(C)c1cc(NC2CCOC2)ncn1. The molecule has 1 aliphatic rings. The van der Waals surface area contributed by atoms with E-state index in [9.17, 15) is 0 Å². The van der Waals surface area contributed by atoms with Gasteiger partial charge in [-0.2, -0.15) is 0 Å². The maximum absolute atomic E-state index is 5.30. The van der Waals surface area contributed by atoms with Gasteiger partial charge in [-0.05, 0) is 12.3 Å². The second-order valence-corrected chi connectivity index (χ2v) is 4.19. The molecule has 4 nitrogen and oxygen atoms in total. The van der Waals surface area contributed by atoms with Crippen LogP contribution >= 0.6 is 0 Å². The lowest BCUT2D eigenvalue weighted by Gasteiger charge is -2.12. The van der Waals surface area contributed by atoms with Crippen molar-refractivity contribution in [3.05, 3.63) is 18.1 Å². The summed E-state index contributed by atoms with van der Waals surface area (Å²) in [6.07, 6.45) is 2.68. The van der Waals surface area contributed by atoms with Gasteiger partial charge in [0.15, 0.2) is 0 Å². The van der Waals surface area contributed by atoms with Crippen molar-refractivity contribution in [3.63, 3.8) is 0 Å². The monoisotopic (exact) mass is 207 g/mol. The minimum absolute atomic E-state index is 0.403. The fourth-order valence-electron chi connectivity index (χ4n) is 1.62. The highest BCUT2D eigenvalue weighted by Gasteiger charge is 2.15. The summed E-state index contributed by atoms with van der Waals surface area (Å²) in [6.45, 7) is 5.89. The molecule has 4 heteroatoms. The lowest BCUT2D eigenvalue weighted by atomic mass is 10.1. The molecule has 0 amide bonds. The van der Waals surface area contributed by atoms with E-state index in [4.69, 9.17) is 4.74 Å². The van der Waals surface area contributed by atoms with Crippen LogP contribution in [-0.2, 0) is 4.74 Å². The van der Waals surface area contributed by atoms with Crippen LogP contribution < -0.4 is 5.32 Å². The van der Waals surface area contributed by atoms with Crippen molar-refractivity contribution >= 4 is 5.82 Å². The van der Waals surface area contributed by atoms with Crippen molar-refractivity contribution in [2.45, 2.75) is 32.2 Å². The van der Waals surface area contributed by atoms with E-state index in [0.29, 0.717) is 12.0 Å². The average Bonchev–Trinajstić information content (AvgIpc) is 2.71. The zero-order chi connectivity index (χ0) is 10.7. The van der Waals surface area contributed by atoms with Crippen molar-refractivity contribution in [2.24, 2.45) is 0 Å². The Bertz CT molecular complexity index is 321. The first-order valence-corrected chi connectivity index (χ1v) is 5.42. The number of nitrogens with zero attached hydrogens (tertiary/aromatic N) is 2. The lowest BCUT2D eigenvalue weighted by Crippen LogP contribution is -2.19. The van der Waals surface area contributed by atoms with Gasteiger partial charge < -0.3 is 10.1 Å². The Balaban J connectivity index is 2.04. The Morgan fingerprint density at radius 1 is 1.47 bits per heavy atom. The van der Waals surface area contributed by atoms with Crippen LogP contribution in [0, 0.1) is 0 Å². The number of hydrogen-bond donors (Lipinski definition) is 1. The summed E-state index contributed by atoms with van der Waals surface area (Å²) in [5.41, 5.74) is 1.08. The van der Waals surface area contributed by atoms with Crippen LogP contribution in [-0.4, -0.2) is 29.2 Å². The van der Waals surface area contributed by atoms with Gasteiger partial charge in [-0.25, -0.2) is 9.97 Å². The van der Waals surface area contributed by atoms with Crippen molar-refractivity contribution in [1.82, 2.24) is 9.97 Å². The van der Waals surface area contributed by atoms with E-state index in [1.165, 1.54) is 0 Å². The van der Waals surface area contributed by atoms with Crippen molar-refractivity contribution in [3.8, 4) is 0 Å². The molecule has 1 unspecified atom stereocenters. The van der Waals surface area contributed by atoms with Crippen LogP contribution in [0.2, 0.25) is 0 Å². The standard InChI is InChI=1S/C11H17N3O/c1-8(2)10-5-11(13-7-12-10)14-9-3-4-15-6-9/h5,7-9H,3-4,6H2,1-2H3,(H,12,13,14). The number of rotatable bonds is 3. The first kappa shape index (κ1) is 10.4. The predicted octanol–water partition coefficient (Wildman–Crippen LogP) is 1.80. The van der Waals surface area contributed by atoms with E-state index in [1.807, 2.05) is 6.07 Å². The third-order valence-corrected chi connectivity index (χ3v) is 2.56. The molecule has 1 aliphatic heterocycles. The first-order valence-electron chi connectivity index (χ1n) is 5.42. The number of ether oxygens (including phenoxy) is 1. The zero-order valence-electron chi connectivity index (χ0n) is 9.23. The molecule has 2 heterocycles. The van der Waals surface area contributed by atoms with E-state index in [-0.39, 0.29) is 0 Å². The van der Waals surface area contributed by atoms with Crippen LogP contribution in [0.1, 0.15) is 31.9 Å². The van der Waals surface area contributed by atoms with Gasteiger partial charge in [-0.3, -0.25) is 0 Å². The molecule has 82 valence electrons. The molecular formula is C11H17N3O. The molecule has 0 radical (unpaired) electrons. The molecule has 2 rings (SSSR count). The Hall–Kier alpha value is -1.16. The normalized spacial score (nSPS) is 20.9. The van der Waals surface area contributed by atoms with Crippen LogP contribution in [0.25, 0.3) is 0 Å². The van der Waals surface area contributed by atoms with E-state index in [2.05, 4.69) is 29.1 Å². The number of nitrogens with one attached hydrogen (secondary N) is 1. The molecule has 0 saturated carbocycles. The van der Waals surface area contributed by atoms with Gasteiger partial charge in [0.2, 0.25) is 0 Å². The summed E-state index contributed by atoms with van der Waals surface area (Å²) in [6, 6.07) is 2.42. The Morgan fingerprint density at radius 3 is 3.00 bits per heavy atom. The molecule has 1 atom stereocenters. The molecule has 1 aromatic rings. The summed E-state index contributed by atoms with van der Waals surface area (Å²) in [5.74, 6) is 1.34. The van der Waals surface area contributed by atoms with Gasteiger partial charge >= 0.3 is 0 Å². The summed E-state index contributed by atoms with van der Waals surface area (Å²) < 4.78 is 5.30. The Kier molecular flexibility index (Phi) is 3.16. The smallest absolute Gasteiger partial charge is 0.129 e. The van der Waals surface area contributed by atoms with Gasteiger partial charge in [0.05, 0.1) is 12.6 Å². The van der Waals surface area contributed by atoms with E-state index in [0.717, 1.165) is 31.1 Å². The van der Waals surface area contributed by atoms with Crippen LogP contribution in [0.4, 0.5) is 5.82 Å². The first-order chi connectivity index (χ1) is 7.25. The highest BCUT2D eigenvalue weighted by atomic mass is 16.5. The molecule has 1 N–H and O–H groups in total. The molecule has 0 bridgehead atoms. The Labute approximate surface area is 90.1 Å². The molecule has 1 fully saturated rings. The topological polar surface area (TPSA) is 47.0 Å². The second-order valence-electron chi connectivity index (χ2n) is 4.19. The fraction of sp³-hybridized carbons (Fsp3) is 0.636. The van der Waals surface area contributed by atoms with Crippen LogP contribution in [0.15, 0.2) is 12.4 Å².